The Hall–Kier alpha value is -2.56. The molecule has 2 aromatic rings. The molecule has 0 saturated carbocycles. The fraction of sp³-hybridized carbons (Fsp3) is 0.381. The molecule has 0 unspecified atom stereocenters. The highest BCUT2D eigenvalue weighted by Crippen LogP contribution is 2.25. The molecule has 1 atom stereocenters. The number of anilines is 1. The van der Waals surface area contributed by atoms with Crippen LogP contribution in [0.1, 0.15) is 23.2 Å². The smallest absolute Gasteiger partial charge is 0.255 e. The molecule has 26 heavy (non-hydrogen) atoms. The van der Waals surface area contributed by atoms with E-state index in [1.54, 1.807) is 18.2 Å². The molecular formula is C21H25FN2O2. The maximum absolute atomic E-state index is 13.7. The number of piperidine rings is 1. The van der Waals surface area contributed by atoms with Gasteiger partial charge in [-0.15, -0.1) is 0 Å². The topological polar surface area (TPSA) is 32.8 Å². The van der Waals surface area contributed by atoms with Crippen LogP contribution in [-0.4, -0.2) is 44.6 Å². The molecule has 1 aliphatic heterocycles. The number of benzene rings is 2. The Morgan fingerprint density at radius 1 is 1.19 bits per heavy atom. The van der Waals surface area contributed by atoms with Gasteiger partial charge in [-0.1, -0.05) is 24.3 Å². The monoisotopic (exact) mass is 356 g/mol. The van der Waals surface area contributed by atoms with Crippen LogP contribution in [0.3, 0.4) is 0 Å². The minimum absolute atomic E-state index is 0.0462. The number of carbonyl (C=O) groups is 1. The average molecular weight is 356 g/mol. The fourth-order valence-electron chi connectivity index (χ4n) is 3.37. The summed E-state index contributed by atoms with van der Waals surface area (Å²) in [7, 11) is 3.88. The molecule has 0 bridgehead atoms. The van der Waals surface area contributed by atoms with E-state index in [1.165, 1.54) is 6.07 Å². The van der Waals surface area contributed by atoms with Crippen molar-refractivity contribution in [2.45, 2.75) is 12.8 Å². The van der Waals surface area contributed by atoms with Crippen LogP contribution in [0.5, 0.6) is 5.75 Å². The lowest BCUT2D eigenvalue weighted by atomic mass is 9.98. The van der Waals surface area contributed by atoms with Crippen molar-refractivity contribution in [2.75, 3.05) is 38.7 Å². The van der Waals surface area contributed by atoms with E-state index in [0.717, 1.165) is 25.1 Å². The van der Waals surface area contributed by atoms with Gasteiger partial charge >= 0.3 is 0 Å². The summed E-state index contributed by atoms with van der Waals surface area (Å²) in [6.45, 7) is 1.80. The number of rotatable bonds is 5. The highest BCUT2D eigenvalue weighted by molar-refractivity contribution is 5.99. The maximum atomic E-state index is 13.7. The molecule has 0 spiro atoms. The average Bonchev–Trinajstić information content (AvgIpc) is 2.67. The zero-order valence-electron chi connectivity index (χ0n) is 15.3. The van der Waals surface area contributed by atoms with Crippen molar-refractivity contribution < 1.29 is 13.9 Å². The first-order valence-corrected chi connectivity index (χ1v) is 8.99. The Labute approximate surface area is 154 Å². The third-order valence-corrected chi connectivity index (χ3v) is 4.73. The number of ether oxygens (including phenoxy) is 1. The zero-order valence-corrected chi connectivity index (χ0v) is 15.3. The predicted octanol–water partition coefficient (Wildman–Crippen LogP) is 3.82. The summed E-state index contributed by atoms with van der Waals surface area (Å²) in [6, 6.07) is 14.1. The summed E-state index contributed by atoms with van der Waals surface area (Å²) in [5.41, 5.74) is 1.63. The number of hydrogen-bond donors (Lipinski definition) is 0. The Kier molecular flexibility index (Phi) is 5.76. The summed E-state index contributed by atoms with van der Waals surface area (Å²) in [4.78, 5) is 16.8. The summed E-state index contributed by atoms with van der Waals surface area (Å²) in [6.07, 6.45) is 1.91. The van der Waals surface area contributed by atoms with E-state index in [0.29, 0.717) is 18.7 Å². The second-order valence-corrected chi connectivity index (χ2v) is 6.91. The van der Waals surface area contributed by atoms with E-state index < -0.39 is 0 Å². The number of carbonyl (C=O) groups excluding carboxylic acids is 1. The van der Waals surface area contributed by atoms with E-state index in [-0.39, 0.29) is 23.4 Å². The molecule has 0 N–H and O–H groups in total. The van der Waals surface area contributed by atoms with Crippen molar-refractivity contribution in [1.29, 1.82) is 0 Å². The number of amides is 1. The molecule has 1 aliphatic rings. The SMILES string of the molecule is CN(C)c1ccccc1C(=O)N1CCC[C@H](COc2ccccc2F)C1. The first-order valence-electron chi connectivity index (χ1n) is 8.99. The minimum Gasteiger partial charge on any atom is -0.490 e. The van der Waals surface area contributed by atoms with Crippen molar-refractivity contribution in [3.05, 3.63) is 59.9 Å². The number of halogens is 1. The van der Waals surface area contributed by atoms with E-state index in [1.807, 2.05) is 48.2 Å². The quantitative estimate of drug-likeness (QED) is 0.816. The Morgan fingerprint density at radius 3 is 2.69 bits per heavy atom. The van der Waals surface area contributed by atoms with Crippen LogP contribution in [0, 0.1) is 11.7 Å². The minimum atomic E-state index is -0.351. The van der Waals surface area contributed by atoms with E-state index in [4.69, 9.17) is 4.74 Å². The van der Waals surface area contributed by atoms with Crippen molar-refractivity contribution in [1.82, 2.24) is 4.90 Å². The van der Waals surface area contributed by atoms with Gasteiger partial charge in [0.1, 0.15) is 0 Å². The molecule has 4 nitrogen and oxygen atoms in total. The van der Waals surface area contributed by atoms with Crippen molar-refractivity contribution in [2.24, 2.45) is 5.92 Å². The van der Waals surface area contributed by atoms with Gasteiger partial charge in [-0.3, -0.25) is 4.79 Å². The van der Waals surface area contributed by atoms with E-state index >= 15 is 0 Å². The molecule has 0 aliphatic carbocycles. The first kappa shape index (κ1) is 18.2. The summed E-state index contributed by atoms with van der Waals surface area (Å²) in [5.74, 6) is 0.175. The number of para-hydroxylation sites is 2. The van der Waals surface area contributed by atoms with E-state index in [2.05, 4.69) is 0 Å². The number of nitrogens with zero attached hydrogens (tertiary/aromatic N) is 2. The van der Waals surface area contributed by atoms with Crippen molar-refractivity contribution in [3.8, 4) is 5.75 Å². The van der Waals surface area contributed by atoms with Crippen LogP contribution >= 0.6 is 0 Å². The van der Waals surface area contributed by atoms with Crippen LogP contribution in [0.25, 0.3) is 0 Å². The molecule has 2 aromatic carbocycles. The van der Waals surface area contributed by atoms with Crippen LogP contribution in [0.4, 0.5) is 10.1 Å². The second kappa shape index (κ2) is 8.21. The molecule has 1 saturated heterocycles. The van der Waals surface area contributed by atoms with Gasteiger partial charge < -0.3 is 14.5 Å². The van der Waals surface area contributed by atoms with E-state index in [9.17, 15) is 9.18 Å². The molecule has 1 amide bonds. The maximum Gasteiger partial charge on any atom is 0.255 e. The van der Waals surface area contributed by atoms with Gasteiger partial charge in [0.05, 0.1) is 12.2 Å². The number of likely N-dealkylation sites (tertiary alicyclic amines) is 1. The molecule has 1 heterocycles. The van der Waals surface area contributed by atoms with Gasteiger partial charge in [-0.05, 0) is 37.1 Å². The molecule has 3 rings (SSSR count). The van der Waals surface area contributed by atoms with Gasteiger partial charge in [-0.2, -0.15) is 0 Å². The molecule has 0 radical (unpaired) electrons. The highest BCUT2D eigenvalue weighted by Gasteiger charge is 2.26. The third kappa shape index (κ3) is 4.15. The van der Waals surface area contributed by atoms with Gasteiger partial charge in [-0.25, -0.2) is 4.39 Å². The molecule has 5 heteroatoms. The number of hydrogen-bond acceptors (Lipinski definition) is 3. The Morgan fingerprint density at radius 2 is 1.92 bits per heavy atom. The lowest BCUT2D eigenvalue weighted by Gasteiger charge is -2.33. The van der Waals surface area contributed by atoms with Crippen LogP contribution < -0.4 is 9.64 Å². The van der Waals surface area contributed by atoms with Gasteiger partial charge in [0.15, 0.2) is 11.6 Å². The highest BCUT2D eigenvalue weighted by atomic mass is 19.1. The molecule has 138 valence electrons. The van der Waals surface area contributed by atoms with Gasteiger partial charge in [0.25, 0.3) is 5.91 Å². The molecular weight excluding hydrogens is 331 g/mol. The summed E-state index contributed by atoms with van der Waals surface area (Å²) < 4.78 is 19.3. The summed E-state index contributed by atoms with van der Waals surface area (Å²) in [5, 5.41) is 0. The van der Waals surface area contributed by atoms with Gasteiger partial charge in [0.2, 0.25) is 0 Å². The zero-order chi connectivity index (χ0) is 18.5. The summed E-state index contributed by atoms with van der Waals surface area (Å²) >= 11 is 0. The second-order valence-electron chi connectivity index (χ2n) is 6.91. The standard InChI is InChI=1S/C21H25FN2O2/c1-23(2)19-11-5-3-9-17(19)21(25)24-13-7-8-16(14-24)15-26-20-12-6-4-10-18(20)22/h3-6,9-12,16H,7-8,13-15H2,1-2H3/t16-/m0/s1. The normalized spacial score (nSPS) is 17.0. The first-order chi connectivity index (χ1) is 12.6. The predicted molar refractivity (Wildman–Crippen MR) is 101 cm³/mol. The molecule has 1 fully saturated rings. The van der Waals surface area contributed by atoms with Crippen LogP contribution in [-0.2, 0) is 0 Å². The van der Waals surface area contributed by atoms with Crippen molar-refractivity contribution in [3.63, 3.8) is 0 Å². The van der Waals surface area contributed by atoms with Crippen LogP contribution in [0.15, 0.2) is 48.5 Å². The lowest BCUT2D eigenvalue weighted by Crippen LogP contribution is -2.42. The largest absolute Gasteiger partial charge is 0.490 e. The third-order valence-electron chi connectivity index (χ3n) is 4.73. The Balaban J connectivity index is 1.65. The van der Waals surface area contributed by atoms with Crippen LogP contribution in [0.2, 0.25) is 0 Å². The Bertz CT molecular complexity index is 763. The fourth-order valence-corrected chi connectivity index (χ4v) is 3.37. The lowest BCUT2D eigenvalue weighted by molar-refractivity contribution is 0.0632. The molecule has 0 aromatic heterocycles. The van der Waals surface area contributed by atoms with Crippen molar-refractivity contribution >= 4 is 11.6 Å². The van der Waals surface area contributed by atoms with Gasteiger partial charge in [0, 0.05) is 38.8 Å².